The van der Waals surface area contributed by atoms with Gasteiger partial charge in [-0.05, 0) is 36.2 Å². The Morgan fingerprint density at radius 1 is 1.04 bits per heavy atom. The third-order valence-corrected chi connectivity index (χ3v) is 4.60. The summed E-state index contributed by atoms with van der Waals surface area (Å²) >= 11 is 0. The lowest BCUT2D eigenvalue weighted by molar-refractivity contribution is -0.131. The van der Waals surface area contributed by atoms with Crippen LogP contribution in [0.15, 0.2) is 48.5 Å². The van der Waals surface area contributed by atoms with Gasteiger partial charge in [-0.25, -0.2) is 4.39 Å². The highest BCUT2D eigenvalue weighted by Gasteiger charge is 2.22. The molecular weight excluding hydrogens is 319 g/mol. The van der Waals surface area contributed by atoms with Gasteiger partial charge < -0.3 is 14.5 Å². The number of amides is 1. The van der Waals surface area contributed by atoms with Crippen LogP contribution in [0.4, 0.5) is 10.1 Å². The number of ether oxygens (including phenoxy) is 1. The van der Waals surface area contributed by atoms with Gasteiger partial charge in [0, 0.05) is 32.6 Å². The standard InChI is InChI=1S/C20H23FN2O2/c1-25-19-5-3-2-4-18(19)22-12-14-23(15-13-22)20(24)11-8-16-6-9-17(21)10-7-16/h2-7,9-10H,8,11-15H2,1H3. The fraction of sp³-hybridized carbons (Fsp3) is 0.350. The Morgan fingerprint density at radius 3 is 2.40 bits per heavy atom. The van der Waals surface area contributed by atoms with Crippen molar-refractivity contribution in [2.45, 2.75) is 12.8 Å². The van der Waals surface area contributed by atoms with Crippen molar-refractivity contribution in [3.05, 3.63) is 59.9 Å². The number of aryl methyl sites for hydroxylation is 1. The van der Waals surface area contributed by atoms with Crippen LogP contribution in [0.25, 0.3) is 0 Å². The molecule has 1 amide bonds. The SMILES string of the molecule is COc1ccccc1N1CCN(C(=O)CCc2ccc(F)cc2)CC1. The normalized spacial score (nSPS) is 14.5. The number of para-hydroxylation sites is 2. The molecule has 4 nitrogen and oxygen atoms in total. The number of carbonyl (C=O) groups is 1. The van der Waals surface area contributed by atoms with Gasteiger partial charge in [-0.3, -0.25) is 4.79 Å². The summed E-state index contributed by atoms with van der Waals surface area (Å²) in [5.41, 5.74) is 2.06. The van der Waals surface area contributed by atoms with E-state index in [1.54, 1.807) is 19.2 Å². The summed E-state index contributed by atoms with van der Waals surface area (Å²) in [6.45, 7) is 3.01. The summed E-state index contributed by atoms with van der Waals surface area (Å²) in [5.74, 6) is 0.769. The van der Waals surface area contributed by atoms with Crippen LogP contribution >= 0.6 is 0 Å². The molecule has 0 saturated carbocycles. The zero-order valence-electron chi connectivity index (χ0n) is 14.5. The second-order valence-electron chi connectivity index (χ2n) is 6.17. The summed E-state index contributed by atoms with van der Waals surface area (Å²) in [6, 6.07) is 14.3. The number of methoxy groups -OCH3 is 1. The van der Waals surface area contributed by atoms with E-state index in [1.807, 2.05) is 29.2 Å². The van der Waals surface area contributed by atoms with Gasteiger partial charge in [0.05, 0.1) is 12.8 Å². The highest BCUT2D eigenvalue weighted by molar-refractivity contribution is 5.77. The van der Waals surface area contributed by atoms with E-state index >= 15 is 0 Å². The molecular formula is C20H23FN2O2. The molecule has 0 atom stereocenters. The van der Waals surface area contributed by atoms with E-state index in [1.165, 1.54) is 12.1 Å². The molecule has 0 spiro atoms. The zero-order chi connectivity index (χ0) is 17.6. The lowest BCUT2D eigenvalue weighted by Crippen LogP contribution is -2.48. The largest absolute Gasteiger partial charge is 0.495 e. The van der Waals surface area contributed by atoms with Gasteiger partial charge >= 0.3 is 0 Å². The molecule has 2 aromatic rings. The Bertz CT molecular complexity index is 710. The molecule has 1 saturated heterocycles. The first-order valence-corrected chi connectivity index (χ1v) is 8.57. The number of carbonyl (C=O) groups excluding carboxylic acids is 1. The number of piperazine rings is 1. The van der Waals surface area contributed by atoms with E-state index in [4.69, 9.17) is 4.74 Å². The van der Waals surface area contributed by atoms with Crippen LogP contribution in [0.2, 0.25) is 0 Å². The van der Waals surface area contributed by atoms with Crippen molar-refractivity contribution in [1.82, 2.24) is 4.90 Å². The topological polar surface area (TPSA) is 32.8 Å². The molecule has 25 heavy (non-hydrogen) atoms. The average Bonchev–Trinajstić information content (AvgIpc) is 2.67. The van der Waals surface area contributed by atoms with Crippen LogP contribution in [0.5, 0.6) is 5.75 Å². The monoisotopic (exact) mass is 342 g/mol. The molecule has 1 fully saturated rings. The quantitative estimate of drug-likeness (QED) is 0.837. The zero-order valence-corrected chi connectivity index (χ0v) is 14.5. The first-order chi connectivity index (χ1) is 12.2. The minimum Gasteiger partial charge on any atom is -0.495 e. The minimum absolute atomic E-state index is 0.156. The van der Waals surface area contributed by atoms with Crippen LogP contribution in [-0.4, -0.2) is 44.1 Å². The first kappa shape index (κ1) is 17.3. The maximum atomic E-state index is 12.9. The van der Waals surface area contributed by atoms with E-state index < -0.39 is 0 Å². The maximum Gasteiger partial charge on any atom is 0.223 e. The Balaban J connectivity index is 1.51. The number of anilines is 1. The van der Waals surface area contributed by atoms with Crippen LogP contribution in [0, 0.1) is 5.82 Å². The van der Waals surface area contributed by atoms with Crippen molar-refractivity contribution in [2.24, 2.45) is 0 Å². The van der Waals surface area contributed by atoms with Gasteiger partial charge in [0.15, 0.2) is 0 Å². The van der Waals surface area contributed by atoms with Gasteiger partial charge in [0.1, 0.15) is 11.6 Å². The number of benzene rings is 2. The summed E-state index contributed by atoms with van der Waals surface area (Å²) in [7, 11) is 1.67. The van der Waals surface area contributed by atoms with Gasteiger partial charge in [0.25, 0.3) is 0 Å². The van der Waals surface area contributed by atoms with Crippen molar-refractivity contribution < 1.29 is 13.9 Å². The Hall–Kier alpha value is -2.56. The third-order valence-electron chi connectivity index (χ3n) is 4.60. The van der Waals surface area contributed by atoms with Crippen LogP contribution < -0.4 is 9.64 Å². The molecule has 1 aliphatic heterocycles. The fourth-order valence-corrected chi connectivity index (χ4v) is 3.15. The summed E-state index contributed by atoms with van der Waals surface area (Å²) in [5, 5.41) is 0. The predicted molar refractivity (Wildman–Crippen MR) is 96.5 cm³/mol. The minimum atomic E-state index is -0.248. The molecule has 2 aromatic carbocycles. The lowest BCUT2D eigenvalue weighted by atomic mass is 10.1. The van der Waals surface area contributed by atoms with Gasteiger partial charge in [0.2, 0.25) is 5.91 Å². The fourth-order valence-electron chi connectivity index (χ4n) is 3.15. The van der Waals surface area contributed by atoms with Crippen molar-refractivity contribution in [2.75, 3.05) is 38.2 Å². The Labute approximate surface area is 147 Å². The van der Waals surface area contributed by atoms with Gasteiger partial charge in [-0.2, -0.15) is 0 Å². The Kier molecular flexibility index (Phi) is 5.53. The van der Waals surface area contributed by atoms with Crippen molar-refractivity contribution in [1.29, 1.82) is 0 Å². The van der Waals surface area contributed by atoms with Crippen LogP contribution in [0.3, 0.4) is 0 Å². The molecule has 5 heteroatoms. The molecule has 0 aromatic heterocycles. The predicted octanol–water partition coefficient (Wildman–Crippen LogP) is 3.12. The number of halogens is 1. The van der Waals surface area contributed by atoms with E-state index in [2.05, 4.69) is 4.90 Å². The highest BCUT2D eigenvalue weighted by atomic mass is 19.1. The molecule has 0 aliphatic carbocycles. The van der Waals surface area contributed by atoms with E-state index in [0.717, 1.165) is 30.1 Å². The molecule has 1 heterocycles. The number of hydrogen-bond donors (Lipinski definition) is 0. The van der Waals surface area contributed by atoms with E-state index in [9.17, 15) is 9.18 Å². The highest BCUT2D eigenvalue weighted by Crippen LogP contribution is 2.28. The molecule has 0 N–H and O–H groups in total. The van der Waals surface area contributed by atoms with Crippen molar-refractivity contribution in [3.8, 4) is 5.75 Å². The first-order valence-electron chi connectivity index (χ1n) is 8.57. The van der Waals surface area contributed by atoms with E-state index in [-0.39, 0.29) is 11.7 Å². The Morgan fingerprint density at radius 2 is 1.72 bits per heavy atom. The summed E-state index contributed by atoms with van der Waals surface area (Å²) < 4.78 is 18.3. The number of hydrogen-bond acceptors (Lipinski definition) is 3. The molecule has 0 unspecified atom stereocenters. The molecule has 0 radical (unpaired) electrons. The summed E-state index contributed by atoms with van der Waals surface area (Å²) in [4.78, 5) is 16.6. The van der Waals surface area contributed by atoms with Crippen molar-refractivity contribution in [3.63, 3.8) is 0 Å². The van der Waals surface area contributed by atoms with Gasteiger partial charge in [-0.15, -0.1) is 0 Å². The molecule has 0 bridgehead atoms. The third kappa shape index (κ3) is 4.29. The lowest BCUT2D eigenvalue weighted by Gasteiger charge is -2.36. The number of nitrogens with zero attached hydrogens (tertiary/aromatic N) is 2. The van der Waals surface area contributed by atoms with Crippen LogP contribution in [-0.2, 0) is 11.2 Å². The average molecular weight is 342 g/mol. The van der Waals surface area contributed by atoms with Gasteiger partial charge in [-0.1, -0.05) is 24.3 Å². The second-order valence-corrected chi connectivity index (χ2v) is 6.17. The molecule has 132 valence electrons. The molecule has 1 aliphatic rings. The number of rotatable bonds is 5. The summed E-state index contributed by atoms with van der Waals surface area (Å²) in [6.07, 6.45) is 1.10. The van der Waals surface area contributed by atoms with Crippen molar-refractivity contribution >= 4 is 11.6 Å². The smallest absolute Gasteiger partial charge is 0.223 e. The maximum absolute atomic E-state index is 12.9. The van der Waals surface area contributed by atoms with Crippen LogP contribution in [0.1, 0.15) is 12.0 Å². The molecule has 3 rings (SSSR count). The second kappa shape index (κ2) is 8.01. The van der Waals surface area contributed by atoms with E-state index in [0.29, 0.717) is 25.9 Å².